The van der Waals surface area contributed by atoms with Crippen molar-refractivity contribution in [3.05, 3.63) is 82.8 Å². The zero-order chi connectivity index (χ0) is 22.8. The minimum Gasteiger partial charge on any atom is -0.512 e. The normalized spacial score (nSPS) is 13.4. The van der Waals surface area contributed by atoms with Crippen molar-refractivity contribution in [2.45, 2.75) is 39.7 Å². The Labute approximate surface area is 183 Å². The van der Waals surface area contributed by atoms with Gasteiger partial charge in [0.05, 0.1) is 24.8 Å². The van der Waals surface area contributed by atoms with E-state index in [1.807, 2.05) is 31.2 Å². The van der Waals surface area contributed by atoms with E-state index < -0.39 is 12.7 Å². The molecular formula is C25H30FNO4. The number of carbonyl (C=O) groups excluding carboxylic acids is 1. The molecular weight excluding hydrogens is 397 g/mol. The van der Waals surface area contributed by atoms with Crippen LogP contribution >= 0.6 is 0 Å². The van der Waals surface area contributed by atoms with Crippen LogP contribution in [0.2, 0.25) is 0 Å². The molecule has 0 amide bonds. The lowest BCUT2D eigenvalue weighted by Gasteiger charge is -2.14. The predicted molar refractivity (Wildman–Crippen MR) is 120 cm³/mol. The van der Waals surface area contributed by atoms with Gasteiger partial charge in [0.2, 0.25) is 0 Å². The molecule has 3 N–H and O–H groups in total. The van der Waals surface area contributed by atoms with Gasteiger partial charge in [0, 0.05) is 17.6 Å². The molecule has 0 aliphatic rings. The Morgan fingerprint density at radius 1 is 1.19 bits per heavy atom. The maximum Gasteiger partial charge on any atom is 0.310 e. The van der Waals surface area contributed by atoms with Crippen molar-refractivity contribution in [3.8, 4) is 5.75 Å². The Hall–Kier alpha value is -3.12. The number of hydrogen-bond acceptors (Lipinski definition) is 5. The molecule has 1 unspecified atom stereocenters. The van der Waals surface area contributed by atoms with Crippen LogP contribution in [0.3, 0.4) is 0 Å². The molecule has 0 heterocycles. The van der Waals surface area contributed by atoms with Gasteiger partial charge in [-0.1, -0.05) is 43.3 Å². The van der Waals surface area contributed by atoms with Crippen molar-refractivity contribution < 1.29 is 23.8 Å². The number of rotatable bonds is 10. The second kappa shape index (κ2) is 11.9. The topological polar surface area (TPSA) is 81.8 Å². The molecule has 0 bridgehead atoms. The molecule has 0 aliphatic carbocycles. The van der Waals surface area contributed by atoms with Gasteiger partial charge >= 0.3 is 5.97 Å². The number of nitrogens with two attached hydrogens (primary N) is 1. The fourth-order valence-electron chi connectivity index (χ4n) is 3.07. The van der Waals surface area contributed by atoms with E-state index in [1.54, 1.807) is 44.2 Å². The largest absolute Gasteiger partial charge is 0.512 e. The minimum atomic E-state index is -0.721. The molecule has 0 radical (unpaired) electrons. The zero-order valence-corrected chi connectivity index (χ0v) is 18.2. The quantitative estimate of drug-likeness (QED) is 0.300. The van der Waals surface area contributed by atoms with E-state index in [9.17, 15) is 14.3 Å². The SMILES string of the molecule is CCOC(=O)Cc1ccccc1O/C(C)=C/C(=C(/O)CC)c1cccc(C(N)CF)c1. The van der Waals surface area contributed by atoms with Crippen LogP contribution in [-0.2, 0) is 16.0 Å². The van der Waals surface area contributed by atoms with Crippen LogP contribution in [-0.4, -0.2) is 24.4 Å². The van der Waals surface area contributed by atoms with E-state index in [4.69, 9.17) is 15.2 Å². The highest BCUT2D eigenvalue weighted by Gasteiger charge is 2.13. The van der Waals surface area contributed by atoms with E-state index in [-0.39, 0.29) is 18.1 Å². The molecule has 5 nitrogen and oxygen atoms in total. The Morgan fingerprint density at radius 3 is 2.61 bits per heavy atom. The van der Waals surface area contributed by atoms with E-state index in [1.165, 1.54) is 0 Å². The summed E-state index contributed by atoms with van der Waals surface area (Å²) in [4.78, 5) is 11.9. The van der Waals surface area contributed by atoms with Crippen LogP contribution in [0.15, 0.2) is 66.1 Å². The van der Waals surface area contributed by atoms with Crippen LogP contribution in [0.25, 0.3) is 5.57 Å². The lowest BCUT2D eigenvalue weighted by molar-refractivity contribution is -0.142. The first kappa shape index (κ1) is 24.2. The summed E-state index contributed by atoms with van der Waals surface area (Å²) < 4.78 is 24.0. The van der Waals surface area contributed by atoms with Crippen LogP contribution < -0.4 is 10.5 Å². The summed E-state index contributed by atoms with van der Waals surface area (Å²) in [5, 5.41) is 10.5. The summed E-state index contributed by atoms with van der Waals surface area (Å²) in [7, 11) is 0. The van der Waals surface area contributed by atoms with Crippen molar-refractivity contribution in [3.63, 3.8) is 0 Å². The summed E-state index contributed by atoms with van der Waals surface area (Å²) >= 11 is 0. The first-order chi connectivity index (χ1) is 14.9. The molecule has 0 aliphatic heterocycles. The second-order valence-corrected chi connectivity index (χ2v) is 7.05. The number of carbonyl (C=O) groups is 1. The van der Waals surface area contributed by atoms with Crippen molar-refractivity contribution in [2.24, 2.45) is 5.73 Å². The molecule has 0 saturated carbocycles. The van der Waals surface area contributed by atoms with Crippen LogP contribution in [0, 0.1) is 0 Å². The molecule has 2 rings (SSSR count). The van der Waals surface area contributed by atoms with E-state index in [0.717, 1.165) is 0 Å². The number of aliphatic hydroxyl groups excluding tert-OH is 1. The number of alkyl halides is 1. The Morgan fingerprint density at radius 2 is 1.94 bits per heavy atom. The van der Waals surface area contributed by atoms with Gasteiger partial charge in [-0.15, -0.1) is 0 Å². The third kappa shape index (κ3) is 6.96. The lowest BCUT2D eigenvalue weighted by atomic mass is 9.98. The molecule has 2 aromatic rings. The molecule has 31 heavy (non-hydrogen) atoms. The fourth-order valence-corrected chi connectivity index (χ4v) is 3.07. The summed E-state index contributed by atoms with van der Waals surface area (Å²) in [6.07, 6.45) is 2.24. The fraction of sp³-hybridized carbons (Fsp3) is 0.320. The van der Waals surface area contributed by atoms with Crippen molar-refractivity contribution in [2.75, 3.05) is 13.3 Å². The smallest absolute Gasteiger partial charge is 0.310 e. The number of esters is 1. The van der Waals surface area contributed by atoms with Gasteiger partial charge in [-0.05, 0) is 43.2 Å². The first-order valence-corrected chi connectivity index (χ1v) is 10.3. The van der Waals surface area contributed by atoms with Gasteiger partial charge in [-0.2, -0.15) is 0 Å². The van der Waals surface area contributed by atoms with Gasteiger partial charge in [-0.25, -0.2) is 4.39 Å². The van der Waals surface area contributed by atoms with Gasteiger partial charge < -0.3 is 20.3 Å². The zero-order valence-electron chi connectivity index (χ0n) is 18.2. The number of allylic oxidation sites excluding steroid dienone is 4. The van der Waals surface area contributed by atoms with Gasteiger partial charge in [-0.3, -0.25) is 4.79 Å². The first-order valence-electron chi connectivity index (χ1n) is 10.3. The molecule has 166 valence electrons. The third-order valence-corrected chi connectivity index (χ3v) is 4.67. The van der Waals surface area contributed by atoms with Crippen molar-refractivity contribution >= 4 is 11.5 Å². The third-order valence-electron chi connectivity index (χ3n) is 4.67. The second-order valence-electron chi connectivity index (χ2n) is 7.05. The number of ether oxygens (including phenoxy) is 2. The molecule has 2 aromatic carbocycles. The monoisotopic (exact) mass is 427 g/mol. The number of hydrogen-bond donors (Lipinski definition) is 2. The van der Waals surface area contributed by atoms with Crippen molar-refractivity contribution in [1.82, 2.24) is 0 Å². The summed E-state index contributed by atoms with van der Waals surface area (Å²) in [6, 6.07) is 13.6. The highest BCUT2D eigenvalue weighted by molar-refractivity contribution is 5.76. The van der Waals surface area contributed by atoms with Crippen LogP contribution in [0.5, 0.6) is 5.75 Å². The van der Waals surface area contributed by atoms with Crippen molar-refractivity contribution in [1.29, 1.82) is 0 Å². The predicted octanol–water partition coefficient (Wildman–Crippen LogP) is 5.42. The average molecular weight is 428 g/mol. The maximum absolute atomic E-state index is 13.0. The minimum absolute atomic E-state index is 0.101. The molecule has 1 atom stereocenters. The number of para-hydroxylation sites is 1. The number of benzene rings is 2. The number of halogens is 1. The van der Waals surface area contributed by atoms with Crippen LogP contribution in [0.4, 0.5) is 4.39 Å². The molecule has 6 heteroatoms. The molecule has 0 fully saturated rings. The average Bonchev–Trinajstić information content (AvgIpc) is 2.78. The Kier molecular flexibility index (Phi) is 9.28. The van der Waals surface area contributed by atoms with E-state index in [0.29, 0.717) is 46.8 Å². The van der Waals surface area contributed by atoms with E-state index >= 15 is 0 Å². The maximum atomic E-state index is 13.0. The van der Waals surface area contributed by atoms with Gasteiger partial charge in [0.1, 0.15) is 18.2 Å². The van der Waals surface area contributed by atoms with Gasteiger partial charge in [0.15, 0.2) is 0 Å². The summed E-state index contributed by atoms with van der Waals surface area (Å²) in [5.74, 6) is 0.901. The van der Waals surface area contributed by atoms with Gasteiger partial charge in [0.25, 0.3) is 0 Å². The molecule has 0 saturated heterocycles. The lowest BCUT2D eigenvalue weighted by Crippen LogP contribution is -2.12. The highest BCUT2D eigenvalue weighted by Crippen LogP contribution is 2.27. The number of aliphatic hydroxyl groups is 1. The highest BCUT2D eigenvalue weighted by atomic mass is 19.1. The molecule has 0 aromatic heterocycles. The Balaban J connectivity index is 2.34. The molecule has 0 spiro atoms. The summed E-state index contributed by atoms with van der Waals surface area (Å²) in [5.41, 5.74) is 8.45. The standard InChI is InChI=1S/C25H30FNO4/c1-4-23(28)21(18-10-8-11-19(14-18)22(27)16-26)13-17(3)31-24-12-7-6-9-20(24)15-25(29)30-5-2/h6-14,22,28H,4-5,15-16,27H2,1-3H3/b17-13+,23-21-. The van der Waals surface area contributed by atoms with E-state index in [2.05, 4.69) is 0 Å². The summed E-state index contributed by atoms with van der Waals surface area (Å²) in [6.45, 7) is 5.01. The Bertz CT molecular complexity index is 952. The van der Waals surface area contributed by atoms with Crippen LogP contribution in [0.1, 0.15) is 49.9 Å².